The predicted molar refractivity (Wildman–Crippen MR) is 106 cm³/mol. The average Bonchev–Trinajstić information content (AvgIpc) is 3.47. The molecule has 27 heavy (non-hydrogen) atoms. The minimum absolute atomic E-state index is 0.146. The fourth-order valence-corrected chi connectivity index (χ4v) is 4.97. The molecule has 1 atom stereocenters. The first kappa shape index (κ1) is 17.0. The summed E-state index contributed by atoms with van der Waals surface area (Å²) in [5, 5.41) is 4.42. The number of aromatic nitrogens is 2. The zero-order chi connectivity index (χ0) is 18.2. The Morgan fingerprint density at radius 1 is 1.07 bits per heavy atom. The molecule has 5 rings (SSSR count). The number of anilines is 1. The van der Waals surface area contributed by atoms with E-state index >= 15 is 0 Å². The van der Waals surface area contributed by atoms with Crippen LogP contribution in [0, 0.1) is 5.92 Å². The zero-order valence-corrected chi connectivity index (χ0v) is 16.0. The van der Waals surface area contributed by atoms with Gasteiger partial charge in [-0.25, -0.2) is 4.52 Å². The molecule has 2 aromatic heterocycles. The fourth-order valence-electron chi connectivity index (χ4n) is 4.97. The van der Waals surface area contributed by atoms with Crippen LogP contribution < -0.4 is 4.90 Å². The van der Waals surface area contributed by atoms with Crippen molar-refractivity contribution in [2.45, 2.75) is 32.1 Å². The molecule has 0 radical (unpaired) electrons. The fraction of sp³-hybridized carbons (Fsp3) is 0.619. The number of hydrogen-bond donors (Lipinski definition) is 0. The standard InChI is InChI=1S/C21H29N5O/c27-21(25-11-5-17(16-25)15-23-7-1-2-8-23)19-14-22-26-12-6-18(13-20(19)26)24-9-3-4-10-24/h6,12-14,17H,1-5,7-11,15-16H2. The second-order valence-corrected chi connectivity index (χ2v) is 8.38. The summed E-state index contributed by atoms with van der Waals surface area (Å²) in [6.45, 7) is 7.60. The van der Waals surface area contributed by atoms with Gasteiger partial charge in [0.15, 0.2) is 0 Å². The molecule has 144 valence electrons. The smallest absolute Gasteiger partial charge is 0.257 e. The van der Waals surface area contributed by atoms with Gasteiger partial charge in [-0.15, -0.1) is 0 Å². The summed E-state index contributed by atoms with van der Waals surface area (Å²) >= 11 is 0. The Balaban J connectivity index is 1.32. The highest BCUT2D eigenvalue weighted by molar-refractivity contribution is 6.01. The number of rotatable bonds is 4. The Morgan fingerprint density at radius 2 is 1.85 bits per heavy atom. The molecule has 1 amide bonds. The van der Waals surface area contributed by atoms with Gasteiger partial charge in [0.05, 0.1) is 17.3 Å². The van der Waals surface area contributed by atoms with Crippen molar-refractivity contribution in [1.82, 2.24) is 19.4 Å². The quantitative estimate of drug-likeness (QED) is 0.833. The second-order valence-electron chi connectivity index (χ2n) is 8.38. The molecule has 5 heterocycles. The maximum Gasteiger partial charge on any atom is 0.257 e. The number of nitrogens with zero attached hydrogens (tertiary/aromatic N) is 5. The summed E-state index contributed by atoms with van der Waals surface area (Å²) < 4.78 is 1.84. The third-order valence-corrected chi connectivity index (χ3v) is 6.49. The number of fused-ring (bicyclic) bond motifs is 1. The predicted octanol–water partition coefficient (Wildman–Crippen LogP) is 2.49. The van der Waals surface area contributed by atoms with E-state index in [1.165, 1.54) is 44.5 Å². The van der Waals surface area contributed by atoms with Crippen LogP contribution in [0.1, 0.15) is 42.5 Å². The molecule has 0 aliphatic carbocycles. The lowest BCUT2D eigenvalue weighted by Gasteiger charge is -2.20. The van der Waals surface area contributed by atoms with E-state index < -0.39 is 0 Å². The molecule has 0 N–H and O–H groups in total. The zero-order valence-electron chi connectivity index (χ0n) is 16.0. The van der Waals surface area contributed by atoms with Crippen LogP contribution in [-0.4, -0.2) is 71.1 Å². The molecule has 6 nitrogen and oxygen atoms in total. The summed E-state index contributed by atoms with van der Waals surface area (Å²) in [5.74, 6) is 0.765. The van der Waals surface area contributed by atoms with Crippen molar-refractivity contribution in [3.8, 4) is 0 Å². The van der Waals surface area contributed by atoms with Crippen molar-refractivity contribution in [2.75, 3.05) is 50.7 Å². The number of amides is 1. The average molecular weight is 367 g/mol. The van der Waals surface area contributed by atoms with Gasteiger partial charge in [0.2, 0.25) is 0 Å². The van der Waals surface area contributed by atoms with E-state index in [9.17, 15) is 4.79 Å². The van der Waals surface area contributed by atoms with E-state index in [2.05, 4.69) is 27.0 Å². The Labute approximate surface area is 160 Å². The molecule has 3 aliphatic heterocycles. The highest BCUT2D eigenvalue weighted by atomic mass is 16.2. The number of pyridine rings is 1. The van der Waals surface area contributed by atoms with Gasteiger partial charge in [-0.05, 0) is 63.2 Å². The van der Waals surface area contributed by atoms with Crippen LogP contribution in [0.2, 0.25) is 0 Å². The maximum atomic E-state index is 13.2. The molecule has 0 saturated carbocycles. The van der Waals surface area contributed by atoms with Crippen LogP contribution in [0.15, 0.2) is 24.5 Å². The molecule has 6 heteroatoms. The Hall–Kier alpha value is -2.08. The molecule has 3 fully saturated rings. The molecule has 0 bridgehead atoms. The minimum atomic E-state index is 0.146. The van der Waals surface area contributed by atoms with Crippen molar-refractivity contribution < 1.29 is 4.79 Å². The maximum absolute atomic E-state index is 13.2. The van der Waals surface area contributed by atoms with E-state index in [0.29, 0.717) is 5.92 Å². The molecule has 0 spiro atoms. The number of likely N-dealkylation sites (tertiary alicyclic amines) is 2. The van der Waals surface area contributed by atoms with E-state index in [4.69, 9.17) is 0 Å². The summed E-state index contributed by atoms with van der Waals surface area (Å²) in [7, 11) is 0. The second kappa shape index (κ2) is 7.15. The van der Waals surface area contributed by atoms with E-state index in [0.717, 1.165) is 50.2 Å². The van der Waals surface area contributed by atoms with Gasteiger partial charge in [-0.1, -0.05) is 0 Å². The third kappa shape index (κ3) is 3.31. The molecule has 3 saturated heterocycles. The monoisotopic (exact) mass is 367 g/mol. The van der Waals surface area contributed by atoms with Crippen LogP contribution >= 0.6 is 0 Å². The van der Waals surface area contributed by atoms with Crippen LogP contribution in [0.5, 0.6) is 0 Å². The first-order valence-electron chi connectivity index (χ1n) is 10.5. The van der Waals surface area contributed by atoms with Crippen molar-refractivity contribution in [2.24, 2.45) is 5.92 Å². The first-order chi connectivity index (χ1) is 13.3. The largest absolute Gasteiger partial charge is 0.371 e. The van der Waals surface area contributed by atoms with Crippen molar-refractivity contribution >= 4 is 17.1 Å². The van der Waals surface area contributed by atoms with Crippen LogP contribution in [0.4, 0.5) is 5.69 Å². The van der Waals surface area contributed by atoms with E-state index in [-0.39, 0.29) is 5.91 Å². The van der Waals surface area contributed by atoms with E-state index in [1.807, 2.05) is 15.6 Å². The molecular weight excluding hydrogens is 338 g/mol. The van der Waals surface area contributed by atoms with Crippen molar-refractivity contribution in [3.63, 3.8) is 0 Å². The van der Waals surface area contributed by atoms with Gasteiger partial charge in [-0.2, -0.15) is 5.10 Å². The lowest BCUT2D eigenvalue weighted by atomic mass is 10.1. The molecule has 1 unspecified atom stereocenters. The Bertz CT molecular complexity index is 819. The van der Waals surface area contributed by atoms with Crippen molar-refractivity contribution in [1.29, 1.82) is 0 Å². The van der Waals surface area contributed by atoms with Crippen LogP contribution in [-0.2, 0) is 0 Å². The summed E-state index contributed by atoms with van der Waals surface area (Å²) in [5.41, 5.74) is 2.90. The van der Waals surface area contributed by atoms with Gasteiger partial charge in [-0.3, -0.25) is 4.79 Å². The highest BCUT2D eigenvalue weighted by Gasteiger charge is 2.30. The van der Waals surface area contributed by atoms with Gasteiger partial charge < -0.3 is 14.7 Å². The molecular formula is C21H29N5O. The van der Waals surface area contributed by atoms with Crippen molar-refractivity contribution in [3.05, 3.63) is 30.1 Å². The topological polar surface area (TPSA) is 44.1 Å². The summed E-state index contributed by atoms with van der Waals surface area (Å²) in [4.78, 5) is 20.2. The summed E-state index contributed by atoms with van der Waals surface area (Å²) in [6, 6.07) is 4.25. The van der Waals surface area contributed by atoms with Gasteiger partial charge in [0.1, 0.15) is 0 Å². The number of carbonyl (C=O) groups is 1. The van der Waals surface area contributed by atoms with Gasteiger partial charge >= 0.3 is 0 Å². The number of carbonyl (C=O) groups excluding carboxylic acids is 1. The Kier molecular flexibility index (Phi) is 4.52. The van der Waals surface area contributed by atoms with Gasteiger partial charge in [0, 0.05) is 44.6 Å². The Morgan fingerprint density at radius 3 is 2.67 bits per heavy atom. The molecule has 0 aromatic carbocycles. The number of hydrogen-bond acceptors (Lipinski definition) is 4. The van der Waals surface area contributed by atoms with Crippen LogP contribution in [0.3, 0.4) is 0 Å². The van der Waals surface area contributed by atoms with Gasteiger partial charge in [0.25, 0.3) is 5.91 Å². The highest BCUT2D eigenvalue weighted by Crippen LogP contribution is 2.26. The van der Waals surface area contributed by atoms with Crippen LogP contribution in [0.25, 0.3) is 5.52 Å². The lowest BCUT2D eigenvalue weighted by Crippen LogP contribution is -2.32. The SMILES string of the molecule is O=C(c1cnn2ccc(N3CCCC3)cc12)N1CCC(CN2CCCC2)C1. The third-order valence-electron chi connectivity index (χ3n) is 6.49. The lowest BCUT2D eigenvalue weighted by molar-refractivity contribution is 0.0786. The molecule has 2 aromatic rings. The minimum Gasteiger partial charge on any atom is -0.371 e. The molecule has 3 aliphatic rings. The van der Waals surface area contributed by atoms with E-state index in [1.54, 1.807) is 6.20 Å². The summed E-state index contributed by atoms with van der Waals surface area (Å²) in [6.07, 6.45) is 10.0. The normalized spacial score (nSPS) is 23.8. The first-order valence-corrected chi connectivity index (χ1v) is 10.5.